The second-order valence-electron chi connectivity index (χ2n) is 3.76. The fourth-order valence-electron chi connectivity index (χ4n) is 1.43. The van der Waals surface area contributed by atoms with E-state index in [2.05, 4.69) is 9.71 Å². The summed E-state index contributed by atoms with van der Waals surface area (Å²) in [5, 5.41) is 8.70. The highest BCUT2D eigenvalue weighted by Gasteiger charge is 2.20. The van der Waals surface area contributed by atoms with Crippen molar-refractivity contribution in [3.63, 3.8) is 0 Å². The maximum absolute atomic E-state index is 12.1. The van der Waals surface area contributed by atoms with Crippen LogP contribution in [0.25, 0.3) is 0 Å². The summed E-state index contributed by atoms with van der Waals surface area (Å²) in [6.45, 7) is 1.66. The molecule has 0 unspecified atom stereocenters. The van der Waals surface area contributed by atoms with Crippen LogP contribution in [-0.4, -0.2) is 13.4 Å². The SMILES string of the molecule is Cc1coc(NS(=O)(=O)c2ccc(C#N)cc2N)n1. The molecule has 0 aliphatic heterocycles. The zero-order valence-corrected chi connectivity index (χ0v) is 10.7. The van der Waals surface area contributed by atoms with Gasteiger partial charge in [0.15, 0.2) is 0 Å². The van der Waals surface area contributed by atoms with Gasteiger partial charge in [-0.1, -0.05) is 0 Å². The molecule has 0 radical (unpaired) electrons. The van der Waals surface area contributed by atoms with Crippen molar-refractivity contribution in [2.24, 2.45) is 0 Å². The molecule has 1 aromatic carbocycles. The van der Waals surface area contributed by atoms with Gasteiger partial charge in [0, 0.05) is 0 Å². The molecule has 1 aromatic heterocycles. The van der Waals surface area contributed by atoms with Gasteiger partial charge in [-0.3, -0.25) is 0 Å². The predicted molar refractivity (Wildman–Crippen MR) is 67.6 cm³/mol. The molecular formula is C11H10N4O3S. The van der Waals surface area contributed by atoms with E-state index in [9.17, 15) is 8.42 Å². The van der Waals surface area contributed by atoms with Gasteiger partial charge >= 0.3 is 6.01 Å². The zero-order valence-electron chi connectivity index (χ0n) is 9.91. The van der Waals surface area contributed by atoms with E-state index in [1.54, 1.807) is 6.92 Å². The van der Waals surface area contributed by atoms with Gasteiger partial charge in [-0.05, 0) is 25.1 Å². The second-order valence-corrected chi connectivity index (χ2v) is 5.41. The Morgan fingerprint density at radius 1 is 1.47 bits per heavy atom. The van der Waals surface area contributed by atoms with Crippen LogP contribution in [0.2, 0.25) is 0 Å². The van der Waals surface area contributed by atoms with Gasteiger partial charge in [-0.2, -0.15) is 10.2 Å². The fourth-order valence-corrected chi connectivity index (χ4v) is 2.48. The number of oxazole rings is 1. The van der Waals surface area contributed by atoms with E-state index < -0.39 is 10.0 Å². The Hall–Kier alpha value is -2.53. The smallest absolute Gasteiger partial charge is 0.309 e. The molecule has 0 amide bonds. The summed E-state index contributed by atoms with van der Waals surface area (Å²) >= 11 is 0. The van der Waals surface area contributed by atoms with Gasteiger partial charge < -0.3 is 10.2 Å². The van der Waals surface area contributed by atoms with E-state index in [4.69, 9.17) is 15.4 Å². The van der Waals surface area contributed by atoms with Crippen molar-refractivity contribution in [2.75, 3.05) is 10.5 Å². The number of anilines is 2. The predicted octanol–water partition coefficient (Wildman–Crippen LogP) is 1.24. The Morgan fingerprint density at radius 2 is 2.21 bits per heavy atom. The number of nitrogen functional groups attached to an aromatic ring is 1. The van der Waals surface area contributed by atoms with Gasteiger partial charge in [0.25, 0.3) is 10.0 Å². The minimum atomic E-state index is -3.90. The van der Waals surface area contributed by atoms with Crippen LogP contribution >= 0.6 is 0 Å². The number of aromatic nitrogens is 1. The van der Waals surface area contributed by atoms with Gasteiger partial charge in [0.2, 0.25) is 0 Å². The van der Waals surface area contributed by atoms with Gasteiger partial charge in [-0.15, -0.1) is 0 Å². The molecule has 8 heteroatoms. The van der Waals surface area contributed by atoms with Crippen LogP contribution in [0.5, 0.6) is 0 Å². The first-order chi connectivity index (χ1) is 8.92. The molecule has 0 bridgehead atoms. The number of nitriles is 1. The third kappa shape index (κ3) is 2.66. The molecule has 7 nitrogen and oxygen atoms in total. The van der Waals surface area contributed by atoms with Crippen molar-refractivity contribution < 1.29 is 12.8 Å². The average molecular weight is 278 g/mol. The molecular weight excluding hydrogens is 268 g/mol. The van der Waals surface area contributed by atoms with Crippen LogP contribution in [0, 0.1) is 18.3 Å². The quantitative estimate of drug-likeness (QED) is 0.814. The highest BCUT2D eigenvalue weighted by molar-refractivity contribution is 7.92. The Labute approximate surface area is 109 Å². The van der Waals surface area contributed by atoms with E-state index in [1.165, 1.54) is 24.5 Å². The van der Waals surface area contributed by atoms with Gasteiger partial charge in [-0.25, -0.2) is 13.1 Å². The molecule has 2 rings (SSSR count). The molecule has 0 aliphatic carbocycles. The maximum atomic E-state index is 12.1. The largest absolute Gasteiger partial charge is 0.431 e. The Balaban J connectivity index is 2.37. The third-order valence-electron chi connectivity index (χ3n) is 2.27. The molecule has 0 atom stereocenters. The molecule has 0 aliphatic rings. The van der Waals surface area contributed by atoms with Crippen molar-refractivity contribution in [1.82, 2.24) is 4.98 Å². The number of hydrogen-bond acceptors (Lipinski definition) is 6. The summed E-state index contributed by atoms with van der Waals surface area (Å²) in [5.74, 6) is 0. The van der Waals surface area contributed by atoms with Crippen molar-refractivity contribution in [3.8, 4) is 6.07 Å². The van der Waals surface area contributed by atoms with E-state index in [1.807, 2.05) is 6.07 Å². The number of aryl methyl sites for hydroxylation is 1. The molecule has 0 fully saturated rings. The molecule has 3 N–H and O–H groups in total. The number of sulfonamides is 1. The molecule has 0 saturated carbocycles. The number of benzene rings is 1. The van der Waals surface area contributed by atoms with E-state index >= 15 is 0 Å². The Kier molecular flexibility index (Phi) is 3.14. The number of hydrogen-bond donors (Lipinski definition) is 2. The molecule has 19 heavy (non-hydrogen) atoms. The summed E-state index contributed by atoms with van der Waals surface area (Å²) < 4.78 is 31.2. The first-order valence-corrected chi connectivity index (χ1v) is 6.65. The summed E-state index contributed by atoms with van der Waals surface area (Å²) in [4.78, 5) is 3.70. The molecule has 0 saturated heterocycles. The minimum absolute atomic E-state index is 0.0187. The summed E-state index contributed by atoms with van der Waals surface area (Å²) in [5.41, 5.74) is 6.43. The van der Waals surface area contributed by atoms with Crippen LogP contribution in [0.3, 0.4) is 0 Å². The summed E-state index contributed by atoms with van der Waals surface area (Å²) in [7, 11) is -3.90. The standard InChI is InChI=1S/C11H10N4O3S/c1-7-6-18-11(14-7)15-19(16,17)10-3-2-8(5-12)4-9(10)13/h2-4,6H,13H2,1H3,(H,14,15). The number of nitrogens with one attached hydrogen (secondary N) is 1. The second kappa shape index (κ2) is 4.62. The number of nitrogens with zero attached hydrogens (tertiary/aromatic N) is 2. The lowest BCUT2D eigenvalue weighted by atomic mass is 10.2. The Bertz CT molecular complexity index is 758. The lowest BCUT2D eigenvalue weighted by molar-refractivity contribution is 0.569. The third-order valence-corrected chi connectivity index (χ3v) is 3.66. The first kappa shape index (κ1) is 12.9. The lowest BCUT2D eigenvalue weighted by Gasteiger charge is -2.07. The Morgan fingerprint density at radius 3 is 2.74 bits per heavy atom. The van der Waals surface area contributed by atoms with E-state index in [0.717, 1.165) is 0 Å². The van der Waals surface area contributed by atoms with Crippen molar-refractivity contribution in [3.05, 3.63) is 35.7 Å². The van der Waals surface area contributed by atoms with Crippen LogP contribution in [0.1, 0.15) is 11.3 Å². The minimum Gasteiger partial charge on any atom is -0.431 e. The monoisotopic (exact) mass is 278 g/mol. The number of rotatable bonds is 3. The summed E-state index contributed by atoms with van der Waals surface area (Å²) in [6, 6.07) is 5.65. The maximum Gasteiger partial charge on any atom is 0.309 e. The highest BCUT2D eigenvalue weighted by atomic mass is 32.2. The number of nitrogens with two attached hydrogens (primary N) is 1. The van der Waals surface area contributed by atoms with Gasteiger partial charge in [0.1, 0.15) is 11.2 Å². The molecule has 1 heterocycles. The highest BCUT2D eigenvalue weighted by Crippen LogP contribution is 2.22. The zero-order chi connectivity index (χ0) is 14.0. The lowest BCUT2D eigenvalue weighted by Crippen LogP contribution is -2.15. The fraction of sp³-hybridized carbons (Fsp3) is 0.0909. The van der Waals surface area contributed by atoms with Crippen LogP contribution in [-0.2, 0) is 10.0 Å². The molecule has 98 valence electrons. The normalized spacial score (nSPS) is 10.9. The first-order valence-electron chi connectivity index (χ1n) is 5.17. The van der Waals surface area contributed by atoms with Crippen LogP contribution in [0.4, 0.5) is 11.7 Å². The average Bonchev–Trinajstić information content (AvgIpc) is 2.73. The van der Waals surface area contributed by atoms with Crippen molar-refractivity contribution in [2.45, 2.75) is 11.8 Å². The molecule has 0 spiro atoms. The topological polar surface area (TPSA) is 122 Å². The van der Waals surface area contributed by atoms with Crippen LogP contribution in [0.15, 0.2) is 33.8 Å². The van der Waals surface area contributed by atoms with Gasteiger partial charge in [0.05, 0.1) is 23.0 Å². The summed E-state index contributed by atoms with van der Waals surface area (Å²) in [6.07, 6.45) is 1.32. The molecule has 2 aromatic rings. The van der Waals surface area contributed by atoms with Crippen molar-refractivity contribution in [1.29, 1.82) is 5.26 Å². The van der Waals surface area contributed by atoms with E-state index in [0.29, 0.717) is 5.69 Å². The van der Waals surface area contributed by atoms with Crippen molar-refractivity contribution >= 4 is 21.7 Å². The van der Waals surface area contributed by atoms with E-state index in [-0.39, 0.29) is 22.2 Å². The van der Waals surface area contributed by atoms with Crippen LogP contribution < -0.4 is 10.5 Å².